The van der Waals surface area contributed by atoms with Gasteiger partial charge in [0.05, 0.1) is 45.6 Å². The summed E-state index contributed by atoms with van der Waals surface area (Å²) in [6.07, 6.45) is 33.5. The van der Waals surface area contributed by atoms with Crippen LogP contribution in [0.15, 0.2) is 140 Å². The Balaban J connectivity index is 0.000000210. The summed E-state index contributed by atoms with van der Waals surface area (Å²) in [5, 5.41) is 0. The maximum absolute atomic E-state index is 4.87. The van der Waals surface area contributed by atoms with Gasteiger partial charge in [0.25, 0.3) is 0 Å². The molecule has 0 N–H and O–H groups in total. The SMILES string of the molecule is CCCCCC1=CC2=CC3=NC(=CC4=NC(=CC5=NC(=CC1=N2)C=C5)C=C4)C=C3.CN1CCC[C@H]1c1cccnc1. The maximum atomic E-state index is 4.87. The van der Waals surface area contributed by atoms with Gasteiger partial charge in [-0.2, -0.15) is 0 Å². The number of hydrogen-bond acceptors (Lipinski definition) is 6. The number of hydrogen-bond donors (Lipinski definition) is 0. The van der Waals surface area contributed by atoms with Gasteiger partial charge in [-0.1, -0.05) is 25.8 Å². The van der Waals surface area contributed by atoms with Gasteiger partial charge in [0.2, 0.25) is 0 Å². The molecule has 6 nitrogen and oxygen atoms in total. The number of pyridine rings is 1. The molecule has 0 radical (unpaired) electrons. The molecule has 0 aromatic carbocycles. The highest BCUT2D eigenvalue weighted by molar-refractivity contribution is 6.16. The maximum Gasteiger partial charge on any atom is 0.0691 e. The number of rotatable bonds is 5. The van der Waals surface area contributed by atoms with E-state index in [9.17, 15) is 0 Å². The molecule has 0 spiro atoms. The molecule has 6 aliphatic rings. The Morgan fingerprint density at radius 3 is 2.00 bits per heavy atom. The van der Waals surface area contributed by atoms with E-state index < -0.39 is 0 Å². The Morgan fingerprint density at radius 2 is 1.41 bits per heavy atom. The zero-order chi connectivity index (χ0) is 28.0. The van der Waals surface area contributed by atoms with Crippen LogP contribution < -0.4 is 0 Å². The first-order valence-corrected chi connectivity index (χ1v) is 14.7. The van der Waals surface area contributed by atoms with Crippen molar-refractivity contribution in [3.8, 4) is 0 Å². The Hall–Kier alpha value is -4.29. The van der Waals surface area contributed by atoms with Gasteiger partial charge in [0.1, 0.15) is 0 Å². The average molecular weight is 541 g/mol. The molecular formula is C35H36N6. The molecular weight excluding hydrogens is 504 g/mol. The van der Waals surface area contributed by atoms with Crippen molar-refractivity contribution in [2.45, 2.75) is 51.5 Å². The van der Waals surface area contributed by atoms with Gasteiger partial charge in [0.15, 0.2) is 0 Å². The number of aromatic nitrogens is 1. The van der Waals surface area contributed by atoms with Gasteiger partial charge in [-0.3, -0.25) is 9.88 Å². The van der Waals surface area contributed by atoms with Crippen LogP contribution in [0.5, 0.6) is 0 Å². The molecule has 6 heteroatoms. The molecule has 7 heterocycles. The van der Waals surface area contributed by atoms with Gasteiger partial charge in [-0.15, -0.1) is 0 Å². The molecule has 206 valence electrons. The Morgan fingerprint density at radius 1 is 0.756 bits per heavy atom. The first-order valence-electron chi connectivity index (χ1n) is 14.7. The van der Waals surface area contributed by atoms with Crippen LogP contribution in [0.25, 0.3) is 0 Å². The Labute approximate surface area is 242 Å². The number of unbranched alkanes of at least 4 members (excludes halogenated alkanes) is 2. The lowest BCUT2D eigenvalue weighted by Crippen LogP contribution is -2.17. The van der Waals surface area contributed by atoms with E-state index in [-0.39, 0.29) is 0 Å². The minimum atomic E-state index is 0.610. The van der Waals surface area contributed by atoms with E-state index in [1.807, 2.05) is 73.1 Å². The van der Waals surface area contributed by atoms with Crippen LogP contribution in [0.3, 0.4) is 0 Å². The molecule has 6 aliphatic heterocycles. The highest BCUT2D eigenvalue weighted by Crippen LogP contribution is 2.29. The summed E-state index contributed by atoms with van der Waals surface area (Å²) in [7, 11) is 2.19. The molecule has 41 heavy (non-hydrogen) atoms. The monoisotopic (exact) mass is 540 g/mol. The Kier molecular flexibility index (Phi) is 8.19. The smallest absolute Gasteiger partial charge is 0.0691 e. The van der Waals surface area contributed by atoms with Crippen LogP contribution >= 0.6 is 0 Å². The molecule has 0 saturated carbocycles. The Bertz CT molecular complexity index is 1570. The third-order valence-electron chi connectivity index (χ3n) is 7.76. The summed E-state index contributed by atoms with van der Waals surface area (Å²) in [5.41, 5.74) is 10.1. The molecule has 1 atom stereocenters. The fraction of sp³-hybridized carbons (Fsp3) is 0.286. The molecule has 1 aromatic rings. The van der Waals surface area contributed by atoms with Gasteiger partial charge in [0, 0.05) is 18.4 Å². The van der Waals surface area contributed by atoms with Crippen molar-refractivity contribution in [1.82, 2.24) is 9.88 Å². The van der Waals surface area contributed by atoms with E-state index in [0.717, 1.165) is 52.1 Å². The summed E-state index contributed by atoms with van der Waals surface area (Å²) >= 11 is 0. The number of likely N-dealkylation sites (tertiary alicyclic amines) is 1. The van der Waals surface area contributed by atoms with Crippen LogP contribution in [-0.2, 0) is 0 Å². The molecule has 7 rings (SSSR count). The van der Waals surface area contributed by atoms with Crippen molar-refractivity contribution in [1.29, 1.82) is 0 Å². The summed E-state index contributed by atoms with van der Waals surface area (Å²) in [5.74, 6) is 0. The second-order valence-electron chi connectivity index (χ2n) is 10.9. The zero-order valence-electron chi connectivity index (χ0n) is 23.9. The highest BCUT2D eigenvalue weighted by atomic mass is 15.1. The van der Waals surface area contributed by atoms with E-state index in [0.29, 0.717) is 6.04 Å². The van der Waals surface area contributed by atoms with Crippen molar-refractivity contribution >= 4 is 22.8 Å². The quantitative estimate of drug-likeness (QED) is 0.366. The van der Waals surface area contributed by atoms with E-state index >= 15 is 0 Å². The van der Waals surface area contributed by atoms with Gasteiger partial charge in [-0.05, 0) is 123 Å². The average Bonchev–Trinajstić information content (AvgIpc) is 3.81. The second-order valence-corrected chi connectivity index (χ2v) is 10.9. The van der Waals surface area contributed by atoms with Crippen LogP contribution in [0.4, 0.5) is 0 Å². The van der Waals surface area contributed by atoms with Crippen LogP contribution in [-0.4, -0.2) is 46.3 Å². The molecule has 1 saturated heterocycles. The van der Waals surface area contributed by atoms with E-state index in [1.54, 1.807) is 0 Å². The molecule has 8 bridgehead atoms. The first-order chi connectivity index (χ1) is 20.1. The van der Waals surface area contributed by atoms with Gasteiger partial charge >= 0.3 is 0 Å². The fourth-order valence-electron chi connectivity index (χ4n) is 5.62. The number of aliphatic imine (C=N–C) groups is 4. The molecule has 1 fully saturated rings. The topological polar surface area (TPSA) is 65.6 Å². The first kappa shape index (κ1) is 26.9. The van der Waals surface area contributed by atoms with Crippen molar-refractivity contribution in [2.24, 2.45) is 20.0 Å². The van der Waals surface area contributed by atoms with Crippen molar-refractivity contribution in [3.63, 3.8) is 0 Å². The highest BCUT2D eigenvalue weighted by Gasteiger charge is 2.22. The largest absolute Gasteiger partial charge is 0.299 e. The zero-order valence-corrected chi connectivity index (χ0v) is 23.9. The molecule has 0 unspecified atom stereocenters. The summed E-state index contributed by atoms with van der Waals surface area (Å²) in [6.45, 7) is 3.45. The third kappa shape index (κ3) is 6.72. The second kappa shape index (κ2) is 12.5. The lowest BCUT2D eigenvalue weighted by Gasteiger charge is -2.18. The normalized spacial score (nSPS) is 22.2. The van der Waals surface area contributed by atoms with Crippen molar-refractivity contribution in [3.05, 3.63) is 125 Å². The van der Waals surface area contributed by atoms with E-state index in [1.165, 1.54) is 49.8 Å². The summed E-state index contributed by atoms with van der Waals surface area (Å²) < 4.78 is 0. The predicted molar refractivity (Wildman–Crippen MR) is 171 cm³/mol. The van der Waals surface area contributed by atoms with E-state index in [2.05, 4.69) is 47.1 Å². The molecule has 0 aliphatic carbocycles. The lowest BCUT2D eigenvalue weighted by molar-refractivity contribution is 0.317. The molecule has 0 amide bonds. The minimum absolute atomic E-state index is 0.610. The van der Waals surface area contributed by atoms with Crippen molar-refractivity contribution in [2.75, 3.05) is 13.6 Å². The number of fused-ring (bicyclic) bond motifs is 4. The standard InChI is InChI=1S/C25H22N4.C10H14N2/c1-2-3-4-5-17-12-24-15-22-9-8-20(27-22)13-18-6-7-19(26-18)14-21-10-11-23(28-21)16-25(17)29-24;1-12-7-3-5-10(12)9-4-2-6-11-8-9/h6-16H,2-5H2,1H3;2,4,6,8,10H,3,5,7H2,1H3/t;10-/m.0/s1. The van der Waals surface area contributed by atoms with Crippen molar-refractivity contribution < 1.29 is 0 Å². The van der Waals surface area contributed by atoms with Gasteiger partial charge in [-0.25, -0.2) is 20.0 Å². The third-order valence-corrected chi connectivity index (χ3v) is 7.76. The summed E-state index contributed by atoms with van der Waals surface area (Å²) in [6, 6.07) is 4.79. The summed E-state index contributed by atoms with van der Waals surface area (Å²) in [4.78, 5) is 25.5. The lowest BCUT2D eigenvalue weighted by atomic mass is 10.0. The van der Waals surface area contributed by atoms with Gasteiger partial charge < -0.3 is 0 Å². The van der Waals surface area contributed by atoms with E-state index in [4.69, 9.17) is 15.0 Å². The minimum Gasteiger partial charge on any atom is -0.299 e. The number of allylic oxidation sites excluding steroid dienone is 12. The number of nitrogens with zero attached hydrogens (tertiary/aromatic N) is 6. The predicted octanol–water partition coefficient (Wildman–Crippen LogP) is 7.38. The molecule has 1 aromatic heterocycles. The van der Waals surface area contributed by atoms with Crippen LogP contribution in [0.2, 0.25) is 0 Å². The van der Waals surface area contributed by atoms with Crippen LogP contribution in [0, 0.1) is 0 Å². The van der Waals surface area contributed by atoms with Crippen LogP contribution in [0.1, 0.15) is 57.1 Å². The fourth-order valence-corrected chi connectivity index (χ4v) is 5.62.